The number of ether oxygens (including phenoxy) is 2. The molecule has 0 saturated carbocycles. The van der Waals surface area contributed by atoms with Crippen molar-refractivity contribution in [1.29, 1.82) is 0 Å². The average Bonchev–Trinajstić information content (AvgIpc) is 3.20. The molecule has 1 rings (SSSR count). The molecule has 59 heavy (non-hydrogen) atoms. The maximum Gasteiger partial charge on any atom is 0.397 e. The number of carbonyl (C=O) groups excluding carboxylic acids is 1. The van der Waals surface area contributed by atoms with E-state index in [-0.39, 0.29) is 6.42 Å². The summed E-state index contributed by atoms with van der Waals surface area (Å²) in [5.41, 5.74) is 0. The first-order valence-electron chi connectivity index (χ1n) is 23.0. The van der Waals surface area contributed by atoms with Gasteiger partial charge < -0.3 is 40.3 Å². The number of carbonyl (C=O) groups is 1. The Kier molecular flexibility index (Phi) is 33.6. The summed E-state index contributed by atoms with van der Waals surface area (Å²) in [5.74, 6) is -0.719. The first kappa shape index (κ1) is 55.3. The molecule has 1 fully saturated rings. The van der Waals surface area contributed by atoms with Crippen LogP contribution in [0.2, 0.25) is 0 Å². The van der Waals surface area contributed by atoms with Gasteiger partial charge in [0.05, 0.1) is 25.4 Å². The van der Waals surface area contributed by atoms with E-state index in [1.807, 2.05) is 0 Å². The monoisotopic (exact) mass is 862 g/mol. The topological polar surface area (TPSA) is 212 Å². The summed E-state index contributed by atoms with van der Waals surface area (Å²) in [6, 6.07) is -1.14. The average molecular weight is 862 g/mol. The van der Waals surface area contributed by atoms with Crippen LogP contribution in [0, 0.1) is 0 Å². The lowest BCUT2D eigenvalue weighted by molar-refractivity contribution is -0.298. The summed E-state index contributed by atoms with van der Waals surface area (Å²) in [4.78, 5) is 13.1. The first-order chi connectivity index (χ1) is 28.4. The van der Waals surface area contributed by atoms with Crippen molar-refractivity contribution in [2.75, 3.05) is 13.2 Å². The molecule has 1 aliphatic heterocycles. The summed E-state index contributed by atoms with van der Waals surface area (Å²) >= 11 is 0. The van der Waals surface area contributed by atoms with Crippen molar-refractivity contribution >= 4 is 16.3 Å². The Labute approximate surface area is 357 Å². The fourth-order valence-electron chi connectivity index (χ4n) is 7.06. The molecule has 0 aromatic carbocycles. The van der Waals surface area contributed by atoms with Crippen LogP contribution in [-0.4, -0.2) is 107 Å². The summed E-state index contributed by atoms with van der Waals surface area (Å²) in [6.07, 6.45) is 29.6. The Hall–Kier alpha value is -1.72. The van der Waals surface area contributed by atoms with Gasteiger partial charge in [-0.25, -0.2) is 4.18 Å². The van der Waals surface area contributed by atoms with Gasteiger partial charge in [0.15, 0.2) is 6.29 Å². The normalized spacial score (nSPS) is 21.8. The zero-order valence-corrected chi connectivity index (χ0v) is 37.2. The minimum atomic E-state index is -5.12. The van der Waals surface area contributed by atoms with Gasteiger partial charge in [-0.05, 0) is 57.8 Å². The molecule has 0 spiro atoms. The van der Waals surface area contributed by atoms with Crippen LogP contribution in [-0.2, 0) is 28.9 Å². The van der Waals surface area contributed by atoms with Crippen LogP contribution < -0.4 is 5.32 Å². The number of rotatable bonds is 38. The van der Waals surface area contributed by atoms with E-state index in [9.17, 15) is 38.7 Å². The van der Waals surface area contributed by atoms with E-state index in [0.717, 1.165) is 64.2 Å². The van der Waals surface area contributed by atoms with Crippen LogP contribution in [0.3, 0.4) is 0 Å². The zero-order chi connectivity index (χ0) is 43.6. The fourth-order valence-corrected chi connectivity index (χ4v) is 7.57. The second kappa shape index (κ2) is 35.8. The molecule has 13 nitrogen and oxygen atoms in total. The number of aliphatic hydroxyl groups excluding tert-OH is 5. The van der Waals surface area contributed by atoms with Crippen molar-refractivity contribution in [3.8, 4) is 0 Å². The molecule has 1 amide bonds. The highest BCUT2D eigenvalue weighted by Gasteiger charge is 2.48. The first-order valence-corrected chi connectivity index (χ1v) is 24.3. The van der Waals surface area contributed by atoms with Crippen molar-refractivity contribution < 1.29 is 57.0 Å². The third-order valence-electron chi connectivity index (χ3n) is 10.8. The molecular weight excluding hydrogens is 779 g/mol. The van der Waals surface area contributed by atoms with E-state index >= 15 is 0 Å². The number of nitrogens with one attached hydrogen (secondary N) is 1. The van der Waals surface area contributed by atoms with E-state index in [1.54, 1.807) is 6.08 Å². The summed E-state index contributed by atoms with van der Waals surface area (Å²) in [5, 5.41) is 55.0. The van der Waals surface area contributed by atoms with Gasteiger partial charge in [0.1, 0.15) is 30.5 Å². The molecule has 0 bridgehead atoms. The second-order valence-corrected chi connectivity index (χ2v) is 17.2. The predicted molar refractivity (Wildman–Crippen MR) is 233 cm³/mol. The second-order valence-electron chi connectivity index (χ2n) is 16.1. The molecule has 0 aromatic rings. The van der Waals surface area contributed by atoms with Gasteiger partial charge in [-0.1, -0.05) is 159 Å². The van der Waals surface area contributed by atoms with Crippen LogP contribution in [0.25, 0.3) is 0 Å². The number of hydrogen-bond donors (Lipinski definition) is 7. The molecule has 14 heteroatoms. The van der Waals surface area contributed by atoms with Crippen molar-refractivity contribution in [3.63, 3.8) is 0 Å². The molecule has 346 valence electrons. The molecule has 1 aliphatic rings. The summed E-state index contributed by atoms with van der Waals surface area (Å²) in [7, 11) is -5.12. The quantitative estimate of drug-likeness (QED) is 0.0181. The van der Waals surface area contributed by atoms with Gasteiger partial charge in [-0.3, -0.25) is 9.35 Å². The Bertz CT molecular complexity index is 1220. The van der Waals surface area contributed by atoms with Gasteiger partial charge in [-0.15, -0.1) is 0 Å². The molecule has 1 heterocycles. The SMILES string of the molecule is CCCCCC/C=C/CC/C=C/C(O)C(COC1OC(CO)C(O)C(OS(=O)(=O)O)C1O)NC(=O)C(O)CCCCCCCC/C=C\CCCCCCCCCCCC. The lowest BCUT2D eigenvalue weighted by Gasteiger charge is -2.41. The van der Waals surface area contributed by atoms with E-state index in [1.165, 1.54) is 89.5 Å². The Morgan fingerprint density at radius 2 is 1.14 bits per heavy atom. The van der Waals surface area contributed by atoms with Gasteiger partial charge in [0.2, 0.25) is 5.91 Å². The van der Waals surface area contributed by atoms with E-state index in [2.05, 4.69) is 47.7 Å². The minimum Gasteiger partial charge on any atom is -0.394 e. The Morgan fingerprint density at radius 3 is 1.64 bits per heavy atom. The van der Waals surface area contributed by atoms with Crippen LogP contribution in [0.15, 0.2) is 36.5 Å². The maximum absolute atomic E-state index is 13.1. The zero-order valence-electron chi connectivity index (χ0n) is 36.4. The number of hydrogen-bond acceptors (Lipinski definition) is 11. The van der Waals surface area contributed by atoms with Gasteiger partial charge in [0, 0.05) is 0 Å². The van der Waals surface area contributed by atoms with Crippen molar-refractivity contribution in [1.82, 2.24) is 5.32 Å². The molecule has 1 saturated heterocycles. The van der Waals surface area contributed by atoms with E-state index in [0.29, 0.717) is 12.8 Å². The largest absolute Gasteiger partial charge is 0.397 e. The van der Waals surface area contributed by atoms with Gasteiger partial charge in [0.25, 0.3) is 0 Å². The van der Waals surface area contributed by atoms with Gasteiger partial charge in [-0.2, -0.15) is 8.42 Å². The standard InChI is InChI=1S/C45H83NO12S/c1-3-5-7-9-11-13-15-16-17-18-19-20-21-22-23-24-26-28-30-32-34-39(49)44(52)46-37(38(48)33-31-29-27-25-14-12-10-8-6-4-2)36-56-45-42(51)43(58-59(53,54)55)41(50)40(35-47)57-45/h14,20-21,25,31,33,37-43,45,47-51H,3-13,15-19,22-24,26-30,32,34-36H2,1-2H3,(H,46,52)(H,53,54,55)/b21-20-,25-14+,33-31+. The molecular formula is C45H83NO12S. The molecule has 0 aliphatic carbocycles. The Morgan fingerprint density at radius 1 is 0.678 bits per heavy atom. The highest BCUT2D eigenvalue weighted by Crippen LogP contribution is 2.26. The lowest BCUT2D eigenvalue weighted by Crippen LogP contribution is -2.61. The molecule has 8 unspecified atom stereocenters. The number of amides is 1. The minimum absolute atomic E-state index is 0.229. The molecule has 0 aromatic heterocycles. The highest BCUT2D eigenvalue weighted by atomic mass is 32.3. The third kappa shape index (κ3) is 28.5. The highest BCUT2D eigenvalue weighted by molar-refractivity contribution is 7.80. The van der Waals surface area contributed by atoms with Crippen molar-refractivity contribution in [3.05, 3.63) is 36.5 Å². The van der Waals surface area contributed by atoms with Crippen molar-refractivity contribution in [2.24, 2.45) is 0 Å². The maximum atomic E-state index is 13.1. The summed E-state index contributed by atoms with van der Waals surface area (Å²) < 4.78 is 47.4. The third-order valence-corrected chi connectivity index (χ3v) is 11.2. The van der Waals surface area contributed by atoms with E-state index < -0.39 is 78.5 Å². The van der Waals surface area contributed by atoms with Gasteiger partial charge >= 0.3 is 10.4 Å². The van der Waals surface area contributed by atoms with Crippen LogP contribution in [0.1, 0.15) is 181 Å². The number of unbranched alkanes of at least 4 members (excludes halogenated alkanes) is 21. The van der Waals surface area contributed by atoms with Crippen LogP contribution in [0.4, 0.5) is 0 Å². The lowest BCUT2D eigenvalue weighted by atomic mass is 9.99. The fraction of sp³-hybridized carbons (Fsp3) is 0.844. The summed E-state index contributed by atoms with van der Waals surface area (Å²) in [6.45, 7) is 3.14. The smallest absolute Gasteiger partial charge is 0.394 e. The van der Waals surface area contributed by atoms with Crippen LogP contribution >= 0.6 is 0 Å². The predicted octanol–water partition coefficient (Wildman–Crippen LogP) is 7.69. The van der Waals surface area contributed by atoms with Crippen LogP contribution in [0.5, 0.6) is 0 Å². The van der Waals surface area contributed by atoms with Crippen molar-refractivity contribution in [2.45, 2.75) is 230 Å². The van der Waals surface area contributed by atoms with E-state index in [4.69, 9.17) is 14.0 Å². The number of aliphatic hydroxyl groups is 5. The molecule has 7 N–H and O–H groups in total. The number of allylic oxidation sites excluding steroid dienone is 5. The molecule has 8 atom stereocenters. The Balaban J connectivity index is 2.53. The molecule has 0 radical (unpaired) electrons.